The van der Waals surface area contributed by atoms with Gasteiger partial charge in [-0.05, 0) is 38.5 Å². The Morgan fingerprint density at radius 2 is 1.30 bits per heavy atom. The van der Waals surface area contributed by atoms with Crippen LogP contribution in [-0.2, 0) is 0 Å². The summed E-state index contributed by atoms with van der Waals surface area (Å²) in [5, 5.41) is 7.15. The van der Waals surface area contributed by atoms with Crippen molar-refractivity contribution in [1.29, 1.82) is 0 Å². The minimum atomic E-state index is -0.485. The molecule has 1 heterocycles. The zero-order valence-corrected chi connectivity index (χ0v) is 28.6. The van der Waals surface area contributed by atoms with E-state index in [1.54, 1.807) is 30.2 Å². The van der Waals surface area contributed by atoms with E-state index in [1.165, 1.54) is 89.9 Å². The highest BCUT2D eigenvalue weighted by Crippen LogP contribution is 2.26. The molecular weight excluding hydrogens is 552 g/mol. The van der Waals surface area contributed by atoms with Gasteiger partial charge in [-0.3, -0.25) is 4.79 Å². The summed E-state index contributed by atoms with van der Waals surface area (Å²) in [6, 6.07) is 4.64. The Bertz CT molecular complexity index is 971. The van der Waals surface area contributed by atoms with Gasteiger partial charge in [0.05, 0.1) is 12.8 Å². The van der Waals surface area contributed by atoms with Crippen molar-refractivity contribution < 1.29 is 14.3 Å². The summed E-state index contributed by atoms with van der Waals surface area (Å²) in [6.07, 6.45) is 21.3. The topological polar surface area (TPSA) is 89.5 Å². The largest absolute Gasteiger partial charge is 0.495 e. The molecule has 2 rings (SSSR count). The zero-order chi connectivity index (χ0) is 32.0. The molecule has 44 heavy (non-hydrogen) atoms. The fourth-order valence-electron chi connectivity index (χ4n) is 5.79. The summed E-state index contributed by atoms with van der Waals surface area (Å²) in [6.45, 7) is 10.5. The van der Waals surface area contributed by atoms with Crippen molar-refractivity contribution in [2.24, 2.45) is 5.10 Å². The Morgan fingerprint density at radius 3 is 1.77 bits per heavy atom. The molecule has 1 aliphatic heterocycles. The van der Waals surface area contributed by atoms with Gasteiger partial charge in [0.2, 0.25) is 5.96 Å². The molecule has 0 aromatic heterocycles. The number of nitrogens with one attached hydrogen (secondary N) is 2. The lowest BCUT2D eigenvalue weighted by Gasteiger charge is -2.20. The van der Waals surface area contributed by atoms with Gasteiger partial charge in [0.1, 0.15) is 5.75 Å². The van der Waals surface area contributed by atoms with Crippen LogP contribution in [0.1, 0.15) is 134 Å². The molecule has 0 unspecified atom stereocenters. The molecule has 0 aliphatic carbocycles. The number of amides is 3. The first kappa shape index (κ1) is 37.2. The summed E-state index contributed by atoms with van der Waals surface area (Å²) < 4.78 is 5.43. The normalized spacial score (nSPS) is 12.9. The molecule has 1 fully saturated rings. The van der Waals surface area contributed by atoms with Gasteiger partial charge in [-0.1, -0.05) is 103 Å². The van der Waals surface area contributed by atoms with E-state index in [9.17, 15) is 9.59 Å². The molecular formula is C35H62N6O3. The van der Waals surface area contributed by atoms with Crippen molar-refractivity contribution in [2.45, 2.75) is 124 Å². The highest BCUT2D eigenvalue weighted by Gasteiger charge is 2.24. The summed E-state index contributed by atoms with van der Waals surface area (Å²) in [5.41, 5.74) is 3.54. The van der Waals surface area contributed by atoms with Gasteiger partial charge >= 0.3 is 6.03 Å². The molecule has 1 aromatic carbocycles. The van der Waals surface area contributed by atoms with E-state index in [1.807, 2.05) is 7.05 Å². The molecule has 0 atom stereocenters. The molecule has 1 aromatic rings. The number of benzene rings is 1. The molecule has 3 amide bonds. The number of hydrogen-bond acceptors (Lipinski definition) is 4. The first-order valence-electron chi connectivity index (χ1n) is 17.5. The Labute approximate surface area is 268 Å². The number of nitrogens with zero attached hydrogens (tertiary/aromatic N) is 4. The van der Waals surface area contributed by atoms with Crippen LogP contribution < -0.4 is 15.5 Å². The molecule has 250 valence electrons. The number of ether oxygens (including phenoxy) is 1. The molecule has 1 aliphatic rings. The van der Waals surface area contributed by atoms with Gasteiger partial charge in [-0.15, -0.1) is 5.10 Å². The molecule has 0 saturated carbocycles. The monoisotopic (exact) mass is 614 g/mol. The van der Waals surface area contributed by atoms with Crippen LogP contribution in [0.5, 0.6) is 5.75 Å². The summed E-state index contributed by atoms with van der Waals surface area (Å²) in [5.74, 6) is 1.17. The fraction of sp³-hybridized carbons (Fsp3) is 0.743. The second kappa shape index (κ2) is 22.5. The lowest BCUT2D eigenvalue weighted by molar-refractivity contribution is 0.0792. The minimum Gasteiger partial charge on any atom is -0.495 e. The van der Waals surface area contributed by atoms with Crippen LogP contribution in [0.4, 0.5) is 10.5 Å². The lowest BCUT2D eigenvalue weighted by Crippen LogP contribution is -2.37. The van der Waals surface area contributed by atoms with Crippen molar-refractivity contribution in [1.82, 2.24) is 20.1 Å². The predicted octanol–water partition coefficient (Wildman–Crippen LogP) is 8.08. The summed E-state index contributed by atoms with van der Waals surface area (Å²) >= 11 is 0. The average molecular weight is 615 g/mol. The number of hydrazone groups is 1. The maximum atomic E-state index is 13.1. The summed E-state index contributed by atoms with van der Waals surface area (Å²) in [7, 11) is 3.38. The molecule has 9 nitrogen and oxygen atoms in total. The van der Waals surface area contributed by atoms with Gasteiger partial charge in [0, 0.05) is 45.3 Å². The second-order valence-corrected chi connectivity index (χ2v) is 12.1. The van der Waals surface area contributed by atoms with Crippen LogP contribution in [0, 0.1) is 0 Å². The number of carbonyl (C=O) groups excluding carboxylic acids is 2. The van der Waals surface area contributed by atoms with Crippen molar-refractivity contribution in [2.75, 3.05) is 52.2 Å². The Hall–Kier alpha value is -2.97. The number of hydrogen-bond donors (Lipinski definition) is 2. The molecule has 9 heteroatoms. The molecule has 2 N–H and O–H groups in total. The molecule has 0 radical (unpaired) electrons. The number of likely N-dealkylation sites (N-methyl/N-ethyl adjacent to an activating group) is 2. The second-order valence-electron chi connectivity index (χ2n) is 12.1. The van der Waals surface area contributed by atoms with Crippen LogP contribution in [-0.4, -0.2) is 79.5 Å². The van der Waals surface area contributed by atoms with Gasteiger partial charge in [0.15, 0.2) is 0 Å². The van der Waals surface area contributed by atoms with Gasteiger partial charge in [-0.25, -0.2) is 10.2 Å². The SMILES string of the molecule is CCCCCCCCCCCCCCCCCCN(C)C(=O)c1ccc(OC)c(NC(=O)NN=C2N(CC)CCN2CC)c1. The van der Waals surface area contributed by atoms with Crippen LogP contribution in [0.15, 0.2) is 23.3 Å². The van der Waals surface area contributed by atoms with Gasteiger partial charge in [-0.2, -0.15) is 0 Å². The highest BCUT2D eigenvalue weighted by molar-refractivity contribution is 5.98. The number of urea groups is 1. The number of anilines is 1. The smallest absolute Gasteiger partial charge is 0.339 e. The average Bonchev–Trinajstić information content (AvgIpc) is 3.45. The van der Waals surface area contributed by atoms with Crippen molar-refractivity contribution >= 4 is 23.6 Å². The van der Waals surface area contributed by atoms with E-state index in [0.29, 0.717) is 23.5 Å². The quantitative estimate of drug-likeness (QED) is 0.0961. The third kappa shape index (κ3) is 13.8. The number of methoxy groups -OCH3 is 1. The first-order valence-corrected chi connectivity index (χ1v) is 17.5. The maximum absolute atomic E-state index is 13.1. The number of carbonyl (C=O) groups is 2. The van der Waals surface area contributed by atoms with Crippen LogP contribution in [0.3, 0.4) is 0 Å². The molecule has 0 spiro atoms. The highest BCUT2D eigenvalue weighted by atomic mass is 16.5. The third-order valence-corrected chi connectivity index (χ3v) is 8.61. The van der Waals surface area contributed by atoms with Crippen molar-refractivity contribution in [3.8, 4) is 5.75 Å². The van der Waals surface area contributed by atoms with E-state index < -0.39 is 6.03 Å². The predicted molar refractivity (Wildman–Crippen MR) is 184 cm³/mol. The zero-order valence-electron chi connectivity index (χ0n) is 28.6. The number of guanidine groups is 1. The van der Waals surface area contributed by atoms with Gasteiger partial charge in [0.25, 0.3) is 5.91 Å². The van der Waals surface area contributed by atoms with Crippen molar-refractivity contribution in [3.05, 3.63) is 23.8 Å². The van der Waals surface area contributed by atoms with Crippen LogP contribution in [0.2, 0.25) is 0 Å². The van der Waals surface area contributed by atoms with Crippen LogP contribution >= 0.6 is 0 Å². The lowest BCUT2D eigenvalue weighted by atomic mass is 10.0. The van der Waals surface area contributed by atoms with E-state index in [2.05, 4.69) is 46.4 Å². The minimum absolute atomic E-state index is 0.0690. The molecule has 1 saturated heterocycles. The number of rotatable bonds is 23. The van der Waals surface area contributed by atoms with Crippen LogP contribution in [0.25, 0.3) is 0 Å². The first-order chi connectivity index (χ1) is 21.4. The Morgan fingerprint density at radius 1 is 0.795 bits per heavy atom. The van der Waals surface area contributed by atoms with E-state index in [-0.39, 0.29) is 5.91 Å². The number of unbranched alkanes of at least 4 members (excludes halogenated alkanes) is 15. The van der Waals surface area contributed by atoms with Gasteiger partial charge < -0.3 is 24.8 Å². The van der Waals surface area contributed by atoms with E-state index in [0.717, 1.165) is 45.0 Å². The maximum Gasteiger partial charge on any atom is 0.339 e. The van der Waals surface area contributed by atoms with Crippen molar-refractivity contribution in [3.63, 3.8) is 0 Å². The van der Waals surface area contributed by atoms with E-state index in [4.69, 9.17) is 4.74 Å². The Balaban J connectivity index is 1.66. The summed E-state index contributed by atoms with van der Waals surface area (Å²) in [4.78, 5) is 31.8. The standard InChI is InChI=1S/C35H62N6O3/c1-6-9-10-11-12-13-14-15-16-17-18-19-20-21-22-23-26-39(4)33(42)30-24-25-32(44-5)31(29-30)36-34(43)37-38-35-40(7-2)27-28-41(35)8-3/h24-25,29H,6-23,26-28H2,1-5H3,(H2,36,37,43). The third-order valence-electron chi connectivity index (χ3n) is 8.61. The Kier molecular flexibility index (Phi) is 19.1. The van der Waals surface area contributed by atoms with E-state index >= 15 is 0 Å². The molecule has 0 bridgehead atoms. The fourth-order valence-corrected chi connectivity index (χ4v) is 5.79.